The summed E-state index contributed by atoms with van der Waals surface area (Å²) in [5, 5.41) is 3.65. The molecule has 2 rings (SSSR count). The molecule has 0 radical (unpaired) electrons. The third-order valence-corrected chi connectivity index (χ3v) is 4.68. The van der Waals surface area contributed by atoms with Crippen molar-refractivity contribution in [2.75, 3.05) is 19.6 Å². The Hall–Kier alpha value is -1.26. The van der Waals surface area contributed by atoms with Gasteiger partial charge in [0.15, 0.2) is 5.60 Å². The molecule has 1 aliphatic rings. The zero-order valence-corrected chi connectivity index (χ0v) is 15.2. The third kappa shape index (κ3) is 4.85. The number of aryl methyl sites for hydroxylation is 1. The summed E-state index contributed by atoms with van der Waals surface area (Å²) in [7, 11) is 0. The molecule has 23 heavy (non-hydrogen) atoms. The lowest BCUT2D eigenvalue weighted by Crippen LogP contribution is -2.52. The highest BCUT2D eigenvalue weighted by Gasteiger charge is 2.33. The predicted molar refractivity (Wildman–Crippen MR) is 94.2 cm³/mol. The van der Waals surface area contributed by atoms with Crippen LogP contribution < -0.4 is 10.1 Å². The molecular formula is C18H27ClN2O2. The van der Waals surface area contributed by atoms with Crippen LogP contribution in [0, 0.1) is 6.92 Å². The Morgan fingerprint density at radius 1 is 1.39 bits per heavy atom. The number of likely N-dealkylation sites (tertiary alicyclic amines) is 1. The number of nitrogens with zero attached hydrogens (tertiary/aromatic N) is 1. The lowest BCUT2D eigenvalue weighted by molar-refractivity contribution is -0.135. The summed E-state index contributed by atoms with van der Waals surface area (Å²) in [6.45, 7) is 10.8. The molecule has 1 heterocycles. The SMILES string of the molecule is CCN1CCC(NC(=O)C(C)(C)Oc2cc(C)ccc2Cl)CC1. The average molecular weight is 339 g/mol. The largest absolute Gasteiger partial charge is 0.476 e. The molecule has 1 amide bonds. The lowest BCUT2D eigenvalue weighted by atomic mass is 10.0. The Morgan fingerprint density at radius 3 is 2.65 bits per heavy atom. The van der Waals surface area contributed by atoms with E-state index in [4.69, 9.17) is 16.3 Å². The monoisotopic (exact) mass is 338 g/mol. The van der Waals surface area contributed by atoms with E-state index in [1.807, 2.05) is 19.1 Å². The topological polar surface area (TPSA) is 41.6 Å². The second-order valence-electron chi connectivity index (χ2n) is 6.73. The Labute approximate surface area is 144 Å². The number of nitrogens with one attached hydrogen (secondary N) is 1. The van der Waals surface area contributed by atoms with Gasteiger partial charge >= 0.3 is 0 Å². The molecule has 1 N–H and O–H groups in total. The van der Waals surface area contributed by atoms with Gasteiger partial charge in [-0.25, -0.2) is 0 Å². The van der Waals surface area contributed by atoms with Crippen LogP contribution in [0.1, 0.15) is 39.2 Å². The van der Waals surface area contributed by atoms with Gasteiger partial charge in [-0.1, -0.05) is 24.6 Å². The van der Waals surface area contributed by atoms with E-state index in [2.05, 4.69) is 17.1 Å². The molecule has 5 heteroatoms. The number of amides is 1. The number of halogens is 1. The first-order valence-electron chi connectivity index (χ1n) is 8.30. The zero-order valence-electron chi connectivity index (χ0n) is 14.5. The molecule has 1 saturated heterocycles. The first-order chi connectivity index (χ1) is 10.8. The van der Waals surface area contributed by atoms with Crippen molar-refractivity contribution in [3.05, 3.63) is 28.8 Å². The Balaban J connectivity index is 1.96. The second kappa shape index (κ2) is 7.54. The van der Waals surface area contributed by atoms with Crippen LogP contribution in [0.25, 0.3) is 0 Å². The van der Waals surface area contributed by atoms with Crippen molar-refractivity contribution in [3.8, 4) is 5.75 Å². The Kier molecular flexibility index (Phi) is 5.93. The summed E-state index contributed by atoms with van der Waals surface area (Å²) in [6.07, 6.45) is 1.97. The fourth-order valence-corrected chi connectivity index (χ4v) is 2.92. The molecule has 0 saturated carbocycles. The van der Waals surface area contributed by atoms with Gasteiger partial charge in [0.05, 0.1) is 5.02 Å². The van der Waals surface area contributed by atoms with Crippen molar-refractivity contribution in [3.63, 3.8) is 0 Å². The van der Waals surface area contributed by atoms with E-state index < -0.39 is 5.60 Å². The van der Waals surface area contributed by atoms with Gasteiger partial charge in [-0.3, -0.25) is 4.79 Å². The maximum atomic E-state index is 12.6. The second-order valence-corrected chi connectivity index (χ2v) is 7.14. The van der Waals surface area contributed by atoms with E-state index in [9.17, 15) is 4.79 Å². The summed E-state index contributed by atoms with van der Waals surface area (Å²) < 4.78 is 5.90. The van der Waals surface area contributed by atoms with Gasteiger partial charge in [0.2, 0.25) is 0 Å². The van der Waals surface area contributed by atoms with Crippen LogP contribution in [0.3, 0.4) is 0 Å². The van der Waals surface area contributed by atoms with Crippen molar-refractivity contribution in [2.45, 2.75) is 52.2 Å². The van der Waals surface area contributed by atoms with Crippen molar-refractivity contribution < 1.29 is 9.53 Å². The predicted octanol–water partition coefficient (Wildman–Crippen LogP) is 3.41. The van der Waals surface area contributed by atoms with Crippen molar-refractivity contribution in [2.24, 2.45) is 0 Å². The number of hydrogen-bond donors (Lipinski definition) is 1. The first-order valence-corrected chi connectivity index (χ1v) is 8.68. The van der Waals surface area contributed by atoms with Crippen LogP contribution >= 0.6 is 11.6 Å². The van der Waals surface area contributed by atoms with Crippen molar-refractivity contribution in [1.29, 1.82) is 0 Å². The van der Waals surface area contributed by atoms with E-state index in [1.165, 1.54) is 0 Å². The molecule has 0 atom stereocenters. The van der Waals surface area contributed by atoms with Gasteiger partial charge in [-0.2, -0.15) is 0 Å². The summed E-state index contributed by atoms with van der Waals surface area (Å²) in [4.78, 5) is 15.0. The average Bonchev–Trinajstić information content (AvgIpc) is 2.51. The summed E-state index contributed by atoms with van der Waals surface area (Å²) in [6, 6.07) is 5.79. The summed E-state index contributed by atoms with van der Waals surface area (Å²) in [5.41, 5.74) is 0.0896. The number of benzene rings is 1. The number of carbonyl (C=O) groups excluding carboxylic acids is 1. The van der Waals surface area contributed by atoms with Gasteiger partial charge in [0, 0.05) is 19.1 Å². The molecule has 0 aromatic heterocycles. The number of rotatable bonds is 5. The minimum absolute atomic E-state index is 0.0926. The fourth-order valence-electron chi connectivity index (χ4n) is 2.76. The smallest absolute Gasteiger partial charge is 0.263 e. The molecule has 1 aliphatic heterocycles. The molecule has 1 fully saturated rings. The molecule has 0 unspecified atom stereocenters. The van der Waals surface area contributed by atoms with Gasteiger partial charge in [-0.05, 0) is 57.9 Å². The first kappa shape index (κ1) is 18.1. The number of piperidine rings is 1. The lowest BCUT2D eigenvalue weighted by Gasteiger charge is -2.34. The molecule has 0 bridgehead atoms. The Morgan fingerprint density at radius 2 is 2.04 bits per heavy atom. The molecule has 1 aromatic carbocycles. The zero-order chi connectivity index (χ0) is 17.0. The fraction of sp³-hybridized carbons (Fsp3) is 0.611. The normalized spacial score (nSPS) is 17.1. The summed E-state index contributed by atoms with van der Waals surface area (Å²) >= 11 is 6.17. The molecule has 4 nitrogen and oxygen atoms in total. The maximum absolute atomic E-state index is 12.6. The highest BCUT2D eigenvalue weighted by Crippen LogP contribution is 2.29. The molecular weight excluding hydrogens is 312 g/mol. The summed E-state index contributed by atoms with van der Waals surface area (Å²) in [5.74, 6) is 0.456. The van der Waals surface area contributed by atoms with Crippen molar-refractivity contribution in [1.82, 2.24) is 10.2 Å². The third-order valence-electron chi connectivity index (χ3n) is 4.37. The number of ether oxygens (including phenoxy) is 1. The van der Waals surface area contributed by atoms with Crippen LogP contribution in [0.2, 0.25) is 5.02 Å². The van der Waals surface area contributed by atoms with E-state index in [0.717, 1.165) is 38.0 Å². The van der Waals surface area contributed by atoms with E-state index in [0.29, 0.717) is 10.8 Å². The van der Waals surface area contributed by atoms with E-state index >= 15 is 0 Å². The molecule has 0 aliphatic carbocycles. The highest BCUT2D eigenvalue weighted by atomic mass is 35.5. The number of carbonyl (C=O) groups is 1. The standard InChI is InChI=1S/C18H27ClN2O2/c1-5-21-10-8-14(9-11-21)20-17(22)18(3,4)23-16-12-13(2)6-7-15(16)19/h6-7,12,14H,5,8-11H2,1-4H3,(H,20,22). The molecule has 0 spiro atoms. The van der Waals surface area contributed by atoms with Crippen LogP contribution in [0.15, 0.2) is 18.2 Å². The quantitative estimate of drug-likeness (QED) is 0.894. The van der Waals surface area contributed by atoms with E-state index in [1.54, 1.807) is 19.9 Å². The van der Waals surface area contributed by atoms with Crippen LogP contribution in [0.4, 0.5) is 0 Å². The molecule has 128 valence electrons. The highest BCUT2D eigenvalue weighted by molar-refractivity contribution is 6.32. The minimum Gasteiger partial charge on any atom is -0.476 e. The van der Waals surface area contributed by atoms with Crippen LogP contribution in [-0.2, 0) is 4.79 Å². The van der Waals surface area contributed by atoms with E-state index in [-0.39, 0.29) is 11.9 Å². The van der Waals surface area contributed by atoms with Gasteiger partial charge < -0.3 is 15.0 Å². The van der Waals surface area contributed by atoms with Gasteiger partial charge in [0.25, 0.3) is 5.91 Å². The molecule has 1 aromatic rings. The minimum atomic E-state index is -0.959. The van der Waals surface area contributed by atoms with Gasteiger partial charge in [0.1, 0.15) is 5.75 Å². The maximum Gasteiger partial charge on any atom is 0.263 e. The van der Waals surface area contributed by atoms with Crippen LogP contribution in [0.5, 0.6) is 5.75 Å². The van der Waals surface area contributed by atoms with Crippen molar-refractivity contribution >= 4 is 17.5 Å². The van der Waals surface area contributed by atoms with Gasteiger partial charge in [-0.15, -0.1) is 0 Å². The number of hydrogen-bond acceptors (Lipinski definition) is 3. The van der Waals surface area contributed by atoms with Crippen LogP contribution in [-0.4, -0.2) is 42.1 Å². The Bertz CT molecular complexity index is 552.